The maximum atomic E-state index is 12.2. The number of aromatic nitrogens is 2. The van der Waals surface area contributed by atoms with Crippen molar-refractivity contribution in [1.29, 1.82) is 0 Å². The first-order valence-corrected chi connectivity index (χ1v) is 6.78. The van der Waals surface area contributed by atoms with Crippen LogP contribution in [0.4, 0.5) is 5.82 Å². The van der Waals surface area contributed by atoms with E-state index in [2.05, 4.69) is 20.9 Å². The van der Waals surface area contributed by atoms with Crippen molar-refractivity contribution in [3.05, 3.63) is 22.7 Å². The lowest BCUT2D eigenvalue weighted by Gasteiger charge is -2.20. The molecule has 1 heterocycles. The van der Waals surface area contributed by atoms with Gasteiger partial charge < -0.3 is 9.47 Å². The van der Waals surface area contributed by atoms with Crippen molar-refractivity contribution in [3.8, 4) is 0 Å². The Morgan fingerprint density at radius 3 is 2.94 bits per heavy atom. The summed E-state index contributed by atoms with van der Waals surface area (Å²) in [6.07, 6.45) is 5.76. The maximum absolute atomic E-state index is 12.2. The summed E-state index contributed by atoms with van der Waals surface area (Å²) in [4.78, 5) is 18.4. The van der Waals surface area contributed by atoms with Gasteiger partial charge in [0.15, 0.2) is 5.82 Å². The van der Waals surface area contributed by atoms with E-state index in [1.807, 2.05) is 16.4 Å². The third kappa shape index (κ3) is 2.29. The second-order valence-electron chi connectivity index (χ2n) is 3.96. The first-order chi connectivity index (χ1) is 7.77. The number of hydrogen-bond acceptors (Lipinski definition) is 3. The van der Waals surface area contributed by atoms with Gasteiger partial charge in [0, 0.05) is 36.9 Å². The fraction of sp³-hybridized carbons (Fsp3) is 0.636. The van der Waals surface area contributed by atoms with Crippen LogP contribution in [0.3, 0.4) is 0 Å². The highest BCUT2D eigenvalue weighted by molar-refractivity contribution is 9.09. The van der Waals surface area contributed by atoms with Gasteiger partial charge in [0.1, 0.15) is 0 Å². The summed E-state index contributed by atoms with van der Waals surface area (Å²) in [5, 5.41) is 0.848. The third-order valence-corrected chi connectivity index (χ3v) is 3.18. The lowest BCUT2D eigenvalue weighted by Crippen LogP contribution is -2.34. The number of nitrogens with zero attached hydrogens (tertiary/aromatic N) is 3. The Kier molecular flexibility index (Phi) is 3.63. The number of alkyl halides is 1. The molecule has 1 saturated carbocycles. The van der Waals surface area contributed by atoms with E-state index in [-0.39, 0.29) is 5.56 Å². The van der Waals surface area contributed by atoms with Gasteiger partial charge in [0.05, 0.1) is 0 Å². The zero-order chi connectivity index (χ0) is 11.5. The number of halogens is 1. The molecule has 0 saturated heterocycles. The molecular weight excluding hydrogens is 270 g/mol. The molecule has 1 aromatic rings. The molecular formula is C11H16BrN3O. The zero-order valence-corrected chi connectivity index (χ0v) is 11.0. The minimum Gasteiger partial charge on any atom is -0.351 e. The monoisotopic (exact) mass is 285 g/mol. The molecule has 1 aliphatic rings. The highest BCUT2D eigenvalue weighted by Crippen LogP contribution is 2.33. The highest BCUT2D eigenvalue weighted by Gasteiger charge is 2.25. The molecule has 0 atom stereocenters. The molecule has 0 radical (unpaired) electrons. The number of hydrogen-bond donors (Lipinski definition) is 0. The van der Waals surface area contributed by atoms with Crippen LogP contribution in [0.15, 0.2) is 17.2 Å². The predicted octanol–water partition coefficient (Wildman–Crippen LogP) is 1.80. The van der Waals surface area contributed by atoms with Crippen molar-refractivity contribution in [1.82, 2.24) is 9.55 Å². The van der Waals surface area contributed by atoms with Crippen molar-refractivity contribution in [2.75, 3.05) is 23.3 Å². The summed E-state index contributed by atoms with van der Waals surface area (Å²) in [6.45, 7) is 3.66. The van der Waals surface area contributed by atoms with Gasteiger partial charge in [-0.25, -0.2) is 4.98 Å². The van der Waals surface area contributed by atoms with Crippen LogP contribution in [0.25, 0.3) is 0 Å². The lowest BCUT2D eigenvalue weighted by atomic mass is 10.4. The van der Waals surface area contributed by atoms with E-state index < -0.39 is 0 Å². The average Bonchev–Trinajstić information content (AvgIpc) is 3.11. The van der Waals surface area contributed by atoms with Crippen molar-refractivity contribution in [2.24, 2.45) is 0 Å². The first-order valence-electron chi connectivity index (χ1n) is 5.66. The third-order valence-electron chi connectivity index (χ3n) is 2.83. The van der Waals surface area contributed by atoms with Crippen molar-refractivity contribution >= 4 is 21.7 Å². The fourth-order valence-corrected chi connectivity index (χ4v) is 2.22. The molecule has 0 aliphatic heterocycles. The highest BCUT2D eigenvalue weighted by atomic mass is 79.9. The molecule has 0 bridgehead atoms. The van der Waals surface area contributed by atoms with E-state index in [0.29, 0.717) is 11.9 Å². The molecule has 0 unspecified atom stereocenters. The maximum Gasteiger partial charge on any atom is 0.293 e. The Bertz CT molecular complexity index is 414. The molecule has 5 heteroatoms. The zero-order valence-electron chi connectivity index (χ0n) is 9.40. The predicted molar refractivity (Wildman–Crippen MR) is 68.4 cm³/mol. The molecule has 1 aromatic heterocycles. The van der Waals surface area contributed by atoms with Crippen LogP contribution in [0.2, 0.25) is 0 Å². The Balaban J connectivity index is 2.32. The minimum atomic E-state index is 0.0489. The van der Waals surface area contributed by atoms with Crippen LogP contribution in [0, 0.1) is 0 Å². The van der Waals surface area contributed by atoms with Crippen LogP contribution < -0.4 is 10.5 Å². The molecule has 0 aromatic carbocycles. The Morgan fingerprint density at radius 1 is 1.62 bits per heavy atom. The standard InChI is InChI=1S/C11H16BrN3O/c1-2-14(7-5-12)10-11(16)15(8-6-13-10)9-3-4-9/h6,8-9H,2-5,7H2,1H3. The van der Waals surface area contributed by atoms with Gasteiger partial charge in [-0.2, -0.15) is 0 Å². The lowest BCUT2D eigenvalue weighted by molar-refractivity contribution is 0.687. The van der Waals surface area contributed by atoms with Gasteiger partial charge in [0.2, 0.25) is 0 Å². The van der Waals surface area contributed by atoms with Crippen molar-refractivity contribution in [2.45, 2.75) is 25.8 Å². The molecule has 4 nitrogen and oxygen atoms in total. The summed E-state index contributed by atoms with van der Waals surface area (Å²) in [7, 11) is 0. The summed E-state index contributed by atoms with van der Waals surface area (Å²) in [6, 6.07) is 0.414. The molecule has 0 N–H and O–H groups in total. The van der Waals surface area contributed by atoms with Crippen molar-refractivity contribution < 1.29 is 0 Å². The smallest absolute Gasteiger partial charge is 0.293 e. The van der Waals surface area contributed by atoms with Gasteiger partial charge >= 0.3 is 0 Å². The SMILES string of the molecule is CCN(CCBr)c1nccn(C2CC2)c1=O. The quantitative estimate of drug-likeness (QED) is 0.775. The Labute approximate surface area is 103 Å². The van der Waals surface area contributed by atoms with E-state index in [0.717, 1.165) is 31.3 Å². The molecule has 1 aliphatic carbocycles. The van der Waals surface area contributed by atoms with E-state index in [9.17, 15) is 4.79 Å². The van der Waals surface area contributed by atoms with E-state index in [1.54, 1.807) is 12.4 Å². The van der Waals surface area contributed by atoms with Crippen LogP contribution in [-0.2, 0) is 0 Å². The Hall–Kier alpha value is -0.840. The van der Waals surface area contributed by atoms with E-state index >= 15 is 0 Å². The van der Waals surface area contributed by atoms with Gasteiger partial charge in [0.25, 0.3) is 5.56 Å². The molecule has 16 heavy (non-hydrogen) atoms. The number of rotatable bonds is 5. The fourth-order valence-electron chi connectivity index (χ4n) is 1.79. The summed E-state index contributed by atoms with van der Waals surface area (Å²) in [5.74, 6) is 0.580. The van der Waals surface area contributed by atoms with Gasteiger partial charge in [-0.1, -0.05) is 15.9 Å². The van der Waals surface area contributed by atoms with Gasteiger partial charge in [-0.15, -0.1) is 0 Å². The topological polar surface area (TPSA) is 38.1 Å². The number of anilines is 1. The van der Waals surface area contributed by atoms with Crippen molar-refractivity contribution in [3.63, 3.8) is 0 Å². The molecule has 1 fully saturated rings. The second kappa shape index (κ2) is 4.99. The minimum absolute atomic E-state index is 0.0489. The average molecular weight is 286 g/mol. The largest absolute Gasteiger partial charge is 0.351 e. The molecule has 0 amide bonds. The first kappa shape index (κ1) is 11.6. The van der Waals surface area contributed by atoms with E-state index in [4.69, 9.17) is 0 Å². The van der Waals surface area contributed by atoms with E-state index in [1.165, 1.54) is 0 Å². The molecule has 88 valence electrons. The Morgan fingerprint density at radius 2 is 2.38 bits per heavy atom. The summed E-state index contributed by atoms with van der Waals surface area (Å²) >= 11 is 3.39. The van der Waals surface area contributed by atoms with Crippen LogP contribution in [0.1, 0.15) is 25.8 Å². The van der Waals surface area contributed by atoms with Crippen LogP contribution in [0.5, 0.6) is 0 Å². The summed E-state index contributed by atoms with van der Waals surface area (Å²) < 4.78 is 1.82. The molecule has 2 rings (SSSR count). The molecule has 0 spiro atoms. The normalized spacial score (nSPS) is 15.1. The van der Waals surface area contributed by atoms with Gasteiger partial charge in [-0.3, -0.25) is 4.79 Å². The van der Waals surface area contributed by atoms with Crippen LogP contribution in [-0.4, -0.2) is 28.0 Å². The summed E-state index contributed by atoms with van der Waals surface area (Å²) in [5.41, 5.74) is 0.0489. The van der Waals surface area contributed by atoms with Gasteiger partial charge in [-0.05, 0) is 19.8 Å². The van der Waals surface area contributed by atoms with Crippen LogP contribution >= 0.6 is 15.9 Å². The second-order valence-corrected chi connectivity index (χ2v) is 4.76.